The van der Waals surface area contributed by atoms with Crippen molar-refractivity contribution in [3.8, 4) is 11.1 Å². The van der Waals surface area contributed by atoms with Crippen molar-refractivity contribution < 1.29 is 26.9 Å². The Bertz CT molecular complexity index is 1750. The lowest BCUT2D eigenvalue weighted by atomic mass is 9.78. The Morgan fingerprint density at radius 3 is 2.54 bits per heavy atom. The number of carbonyl (C=O) groups is 1. The van der Waals surface area contributed by atoms with E-state index in [2.05, 4.69) is 9.88 Å². The van der Waals surface area contributed by atoms with Gasteiger partial charge in [-0.25, -0.2) is 12.8 Å². The molecule has 1 unspecified atom stereocenters. The predicted octanol–water partition coefficient (Wildman–Crippen LogP) is 5.91. The lowest BCUT2D eigenvalue weighted by Crippen LogP contribution is -2.37. The minimum atomic E-state index is -4.02. The Hall–Kier alpha value is -4.02. The van der Waals surface area contributed by atoms with Crippen molar-refractivity contribution in [2.75, 3.05) is 23.3 Å². The molecule has 0 bridgehead atoms. The predicted molar refractivity (Wildman–Crippen MR) is 155 cm³/mol. The SMILES string of the molecule is CCOCc1cc(CC2(C)C(=O)N(C)c3cc(F)ccc32)ccc1-c1ccccc1S(=O)(=O)Nc1noc(C)c1C. The molecule has 2 heterocycles. The van der Waals surface area contributed by atoms with Gasteiger partial charge in [-0.15, -0.1) is 0 Å². The Morgan fingerprint density at radius 2 is 1.83 bits per heavy atom. The summed E-state index contributed by atoms with van der Waals surface area (Å²) in [7, 11) is -2.37. The maximum atomic E-state index is 14.0. The number of amides is 1. The first-order chi connectivity index (χ1) is 19.5. The molecule has 8 nitrogen and oxygen atoms in total. The third-order valence-electron chi connectivity index (χ3n) is 7.74. The molecule has 1 aliphatic heterocycles. The van der Waals surface area contributed by atoms with E-state index in [4.69, 9.17) is 9.26 Å². The topological polar surface area (TPSA) is 102 Å². The van der Waals surface area contributed by atoms with Gasteiger partial charge >= 0.3 is 0 Å². The van der Waals surface area contributed by atoms with Crippen LogP contribution in [0.4, 0.5) is 15.9 Å². The summed E-state index contributed by atoms with van der Waals surface area (Å²) in [5, 5.41) is 3.85. The molecule has 3 aromatic carbocycles. The highest BCUT2D eigenvalue weighted by atomic mass is 32.2. The summed E-state index contributed by atoms with van der Waals surface area (Å²) in [5.41, 5.74) is 3.90. The van der Waals surface area contributed by atoms with E-state index in [1.54, 1.807) is 51.2 Å². The van der Waals surface area contributed by atoms with Crippen LogP contribution in [0.2, 0.25) is 0 Å². The normalized spacial score (nSPS) is 16.7. The molecule has 5 rings (SSSR count). The zero-order valence-electron chi connectivity index (χ0n) is 23.6. The average Bonchev–Trinajstić information content (AvgIpc) is 3.35. The van der Waals surface area contributed by atoms with Crippen LogP contribution in [0.15, 0.2) is 70.1 Å². The van der Waals surface area contributed by atoms with E-state index in [-0.39, 0.29) is 23.2 Å². The van der Waals surface area contributed by atoms with Crippen molar-refractivity contribution in [1.82, 2.24) is 5.16 Å². The molecule has 0 aliphatic carbocycles. The summed E-state index contributed by atoms with van der Waals surface area (Å²) in [6.45, 7) is 7.91. The van der Waals surface area contributed by atoms with Crippen LogP contribution in [0.3, 0.4) is 0 Å². The standard InChI is InChI=1S/C31H32FN3O5S/c1-6-39-18-22-15-21(17-31(4)26-14-12-23(32)16-27(26)35(5)30(31)36)11-13-24(22)25-9-7-8-10-28(25)41(37,38)34-29-19(2)20(3)40-33-29/h7-16H,6,17-18H2,1-5H3,(H,33,34). The Morgan fingerprint density at radius 1 is 1.07 bits per heavy atom. The van der Waals surface area contributed by atoms with Crippen LogP contribution >= 0.6 is 0 Å². The molecule has 0 saturated carbocycles. The number of aryl methyl sites for hydroxylation is 1. The van der Waals surface area contributed by atoms with Crippen molar-refractivity contribution in [3.63, 3.8) is 0 Å². The second-order valence-corrected chi connectivity index (χ2v) is 12.1. The highest BCUT2D eigenvalue weighted by molar-refractivity contribution is 7.92. The summed E-state index contributed by atoms with van der Waals surface area (Å²) < 4.78 is 54.5. The van der Waals surface area contributed by atoms with E-state index in [1.165, 1.54) is 17.0 Å². The van der Waals surface area contributed by atoms with Gasteiger partial charge in [-0.3, -0.25) is 9.52 Å². The van der Waals surface area contributed by atoms with Gasteiger partial charge in [0.05, 0.1) is 22.6 Å². The fourth-order valence-corrected chi connectivity index (χ4v) is 6.67. The Labute approximate surface area is 239 Å². The number of aromatic nitrogens is 1. The summed E-state index contributed by atoms with van der Waals surface area (Å²) >= 11 is 0. The zero-order valence-corrected chi connectivity index (χ0v) is 24.4. The molecular formula is C31H32FN3O5S. The summed E-state index contributed by atoms with van der Waals surface area (Å²) in [4.78, 5) is 15.0. The second kappa shape index (κ2) is 10.8. The number of benzene rings is 3. The number of anilines is 2. The van der Waals surface area contributed by atoms with E-state index < -0.39 is 21.3 Å². The monoisotopic (exact) mass is 577 g/mol. The number of nitrogens with zero attached hydrogens (tertiary/aromatic N) is 2. The van der Waals surface area contributed by atoms with Crippen LogP contribution in [-0.2, 0) is 38.0 Å². The molecule has 0 spiro atoms. The first-order valence-corrected chi connectivity index (χ1v) is 14.8. The number of carbonyl (C=O) groups excluding carboxylic acids is 1. The maximum Gasteiger partial charge on any atom is 0.263 e. The van der Waals surface area contributed by atoms with Gasteiger partial charge in [0, 0.05) is 24.8 Å². The fourth-order valence-electron chi connectivity index (χ4n) is 5.39. The van der Waals surface area contributed by atoms with Crippen molar-refractivity contribution in [2.45, 2.75) is 51.0 Å². The van der Waals surface area contributed by atoms with E-state index in [0.717, 1.165) is 16.7 Å². The Kier molecular flexibility index (Phi) is 7.48. The zero-order chi connectivity index (χ0) is 29.5. The summed E-state index contributed by atoms with van der Waals surface area (Å²) in [5.74, 6) is 0.156. The van der Waals surface area contributed by atoms with Crippen molar-refractivity contribution in [2.24, 2.45) is 0 Å². The lowest BCUT2D eigenvalue weighted by Gasteiger charge is -2.24. The molecule has 0 fully saturated rings. The third-order valence-corrected chi connectivity index (χ3v) is 9.13. The van der Waals surface area contributed by atoms with Crippen LogP contribution < -0.4 is 9.62 Å². The molecule has 10 heteroatoms. The quantitative estimate of drug-likeness (QED) is 0.265. The van der Waals surface area contributed by atoms with Gasteiger partial charge in [0.2, 0.25) is 5.91 Å². The molecule has 0 saturated heterocycles. The maximum absolute atomic E-state index is 14.0. The number of fused-ring (bicyclic) bond motifs is 1. The molecule has 0 radical (unpaired) electrons. The molecule has 41 heavy (non-hydrogen) atoms. The van der Waals surface area contributed by atoms with E-state index in [0.29, 0.717) is 41.2 Å². The highest BCUT2D eigenvalue weighted by Gasteiger charge is 2.46. The molecule has 1 amide bonds. The molecule has 1 aromatic heterocycles. The van der Waals surface area contributed by atoms with Crippen LogP contribution in [0.25, 0.3) is 11.1 Å². The van der Waals surface area contributed by atoms with E-state index in [1.807, 2.05) is 32.0 Å². The van der Waals surface area contributed by atoms with Crippen LogP contribution in [0.1, 0.15) is 41.9 Å². The van der Waals surface area contributed by atoms with Gasteiger partial charge in [0.25, 0.3) is 10.0 Å². The number of hydrogen-bond donors (Lipinski definition) is 1. The number of ether oxygens (including phenoxy) is 1. The van der Waals surface area contributed by atoms with Gasteiger partial charge in [0.15, 0.2) is 5.82 Å². The minimum absolute atomic E-state index is 0.0843. The summed E-state index contributed by atoms with van der Waals surface area (Å²) in [6, 6.07) is 16.9. The van der Waals surface area contributed by atoms with Crippen molar-refractivity contribution in [1.29, 1.82) is 0 Å². The number of hydrogen-bond acceptors (Lipinski definition) is 6. The van der Waals surface area contributed by atoms with Gasteiger partial charge in [-0.05, 0) is 74.6 Å². The number of rotatable bonds is 9. The third kappa shape index (κ3) is 5.13. The molecule has 1 N–H and O–H groups in total. The molecule has 4 aromatic rings. The van der Waals surface area contributed by atoms with Gasteiger partial charge < -0.3 is 14.2 Å². The van der Waals surface area contributed by atoms with Crippen LogP contribution in [0.5, 0.6) is 0 Å². The molecule has 214 valence electrons. The van der Waals surface area contributed by atoms with Gasteiger partial charge in [-0.2, -0.15) is 0 Å². The summed E-state index contributed by atoms with van der Waals surface area (Å²) in [6.07, 6.45) is 0.375. The lowest BCUT2D eigenvalue weighted by molar-refractivity contribution is -0.122. The van der Waals surface area contributed by atoms with Crippen LogP contribution in [0, 0.1) is 19.7 Å². The van der Waals surface area contributed by atoms with Crippen LogP contribution in [-0.4, -0.2) is 33.1 Å². The highest BCUT2D eigenvalue weighted by Crippen LogP contribution is 2.44. The van der Waals surface area contributed by atoms with E-state index >= 15 is 0 Å². The number of nitrogens with one attached hydrogen (secondary N) is 1. The van der Waals surface area contributed by atoms with Crippen molar-refractivity contribution >= 4 is 27.4 Å². The fraction of sp³-hybridized carbons (Fsp3) is 0.290. The largest absolute Gasteiger partial charge is 0.377 e. The number of likely N-dealkylation sites (N-methyl/N-ethyl adjacent to an activating group) is 1. The molecule has 1 atom stereocenters. The second-order valence-electron chi connectivity index (χ2n) is 10.5. The Balaban J connectivity index is 1.55. The number of halogens is 1. The molecular weight excluding hydrogens is 545 g/mol. The van der Waals surface area contributed by atoms with Crippen molar-refractivity contribution in [3.05, 3.63) is 94.5 Å². The minimum Gasteiger partial charge on any atom is -0.377 e. The van der Waals surface area contributed by atoms with E-state index in [9.17, 15) is 17.6 Å². The van der Waals surface area contributed by atoms with Gasteiger partial charge in [0.1, 0.15) is 11.6 Å². The molecule has 1 aliphatic rings. The van der Waals surface area contributed by atoms with Gasteiger partial charge in [-0.1, -0.05) is 47.6 Å². The average molecular weight is 578 g/mol. The first-order valence-electron chi connectivity index (χ1n) is 13.3. The smallest absolute Gasteiger partial charge is 0.263 e. The number of sulfonamides is 1. The first kappa shape index (κ1) is 28.5.